The number of allylic oxidation sites excluding steroid dienone is 20. The minimum Gasteiger partial charge on any atom is -0.462 e. The Balaban J connectivity index is 4.37. The Morgan fingerprint density at radius 3 is 0.797 bits per heavy atom. The number of hydrogen-bond acceptors (Lipinski definition) is 6. The first-order valence-electron chi connectivity index (χ1n) is 33.0. The Labute approximate surface area is 488 Å². The fourth-order valence-electron chi connectivity index (χ4n) is 8.98. The second kappa shape index (κ2) is 66.3. The van der Waals surface area contributed by atoms with Crippen LogP contribution in [0.2, 0.25) is 0 Å². The van der Waals surface area contributed by atoms with Gasteiger partial charge in [-0.3, -0.25) is 14.4 Å². The lowest BCUT2D eigenvalue weighted by Gasteiger charge is -2.18. The topological polar surface area (TPSA) is 78.9 Å². The van der Waals surface area contributed by atoms with Gasteiger partial charge in [-0.25, -0.2) is 0 Å². The second-order valence-corrected chi connectivity index (χ2v) is 21.6. The smallest absolute Gasteiger partial charge is 0.306 e. The first-order chi connectivity index (χ1) is 39.0. The maximum atomic E-state index is 12.9. The molecule has 6 nitrogen and oxygen atoms in total. The molecule has 79 heavy (non-hydrogen) atoms. The van der Waals surface area contributed by atoms with E-state index in [0.29, 0.717) is 19.3 Å². The van der Waals surface area contributed by atoms with Gasteiger partial charge in [-0.05, 0) is 135 Å². The van der Waals surface area contributed by atoms with E-state index in [4.69, 9.17) is 14.2 Å². The van der Waals surface area contributed by atoms with Crippen molar-refractivity contribution in [3.8, 4) is 0 Å². The third-order valence-electron chi connectivity index (χ3n) is 13.9. The summed E-state index contributed by atoms with van der Waals surface area (Å²) in [5, 5.41) is 0. The van der Waals surface area contributed by atoms with Crippen LogP contribution in [0.1, 0.15) is 303 Å². The third-order valence-corrected chi connectivity index (χ3v) is 13.9. The number of carbonyl (C=O) groups is 3. The number of rotatable bonds is 59. The van der Waals surface area contributed by atoms with Crippen LogP contribution < -0.4 is 0 Å². The molecule has 0 spiro atoms. The molecule has 0 saturated heterocycles. The van der Waals surface area contributed by atoms with Gasteiger partial charge in [0.15, 0.2) is 6.10 Å². The van der Waals surface area contributed by atoms with E-state index >= 15 is 0 Å². The Hall–Kier alpha value is -4.19. The second-order valence-electron chi connectivity index (χ2n) is 21.6. The van der Waals surface area contributed by atoms with Crippen LogP contribution in [0.25, 0.3) is 0 Å². The molecule has 0 aromatic carbocycles. The van der Waals surface area contributed by atoms with Gasteiger partial charge < -0.3 is 14.2 Å². The molecule has 0 heterocycles. The predicted molar refractivity (Wildman–Crippen MR) is 343 cm³/mol. The van der Waals surface area contributed by atoms with Gasteiger partial charge in [-0.1, -0.05) is 271 Å². The fourth-order valence-corrected chi connectivity index (χ4v) is 8.98. The Morgan fingerprint density at radius 2 is 0.494 bits per heavy atom. The van der Waals surface area contributed by atoms with Gasteiger partial charge in [-0.2, -0.15) is 0 Å². The average molecular weight is 1100 g/mol. The average Bonchev–Trinajstić information content (AvgIpc) is 3.45. The first-order valence-corrected chi connectivity index (χ1v) is 33.0. The van der Waals surface area contributed by atoms with Crippen LogP contribution in [0.15, 0.2) is 122 Å². The van der Waals surface area contributed by atoms with Gasteiger partial charge >= 0.3 is 17.9 Å². The van der Waals surface area contributed by atoms with Gasteiger partial charge in [0.05, 0.1) is 0 Å². The van der Waals surface area contributed by atoms with E-state index in [9.17, 15) is 14.4 Å². The molecule has 0 saturated carbocycles. The molecule has 0 aromatic rings. The van der Waals surface area contributed by atoms with Crippen molar-refractivity contribution in [1.82, 2.24) is 0 Å². The third kappa shape index (κ3) is 64.5. The van der Waals surface area contributed by atoms with E-state index in [1.165, 1.54) is 135 Å². The van der Waals surface area contributed by atoms with Gasteiger partial charge in [0, 0.05) is 19.3 Å². The highest BCUT2D eigenvalue weighted by molar-refractivity contribution is 5.71. The number of esters is 3. The maximum Gasteiger partial charge on any atom is 0.306 e. The summed E-state index contributed by atoms with van der Waals surface area (Å²) in [6.07, 6.45) is 92.0. The van der Waals surface area contributed by atoms with E-state index in [2.05, 4.69) is 142 Å². The molecule has 0 aliphatic carbocycles. The maximum absolute atomic E-state index is 12.9. The highest BCUT2D eigenvalue weighted by Crippen LogP contribution is 2.15. The first kappa shape index (κ1) is 74.8. The lowest BCUT2D eigenvalue weighted by atomic mass is 10.1. The summed E-state index contributed by atoms with van der Waals surface area (Å²) >= 11 is 0. The molecular formula is C73H122O6. The van der Waals surface area contributed by atoms with Crippen LogP contribution in [0, 0.1) is 0 Å². The molecule has 1 atom stereocenters. The Kier molecular flexibility index (Phi) is 62.8. The van der Waals surface area contributed by atoms with Crippen LogP contribution in [-0.4, -0.2) is 37.2 Å². The molecule has 0 aromatic heterocycles. The van der Waals surface area contributed by atoms with Crippen LogP contribution in [0.4, 0.5) is 0 Å². The summed E-state index contributed by atoms with van der Waals surface area (Å²) in [5.41, 5.74) is 0. The molecule has 6 heteroatoms. The Bertz CT molecular complexity index is 1640. The van der Waals surface area contributed by atoms with Crippen LogP contribution in [0.3, 0.4) is 0 Å². The van der Waals surface area contributed by atoms with Crippen molar-refractivity contribution in [1.29, 1.82) is 0 Å². The van der Waals surface area contributed by atoms with E-state index < -0.39 is 6.10 Å². The van der Waals surface area contributed by atoms with Crippen molar-refractivity contribution in [2.75, 3.05) is 13.2 Å². The van der Waals surface area contributed by atoms with Crippen molar-refractivity contribution < 1.29 is 28.6 Å². The number of carbonyl (C=O) groups excluding carboxylic acids is 3. The molecular weight excluding hydrogens is 973 g/mol. The zero-order valence-electron chi connectivity index (χ0n) is 51.6. The molecule has 0 fully saturated rings. The van der Waals surface area contributed by atoms with E-state index in [1.807, 2.05) is 0 Å². The summed E-state index contributed by atoms with van der Waals surface area (Å²) in [6.45, 7) is 6.49. The van der Waals surface area contributed by atoms with Crippen molar-refractivity contribution in [2.24, 2.45) is 0 Å². The fraction of sp³-hybridized carbons (Fsp3) is 0.685. The largest absolute Gasteiger partial charge is 0.462 e. The van der Waals surface area contributed by atoms with Crippen molar-refractivity contribution in [3.05, 3.63) is 122 Å². The molecule has 1 unspecified atom stereocenters. The van der Waals surface area contributed by atoms with Crippen LogP contribution in [0.5, 0.6) is 0 Å². The minimum absolute atomic E-state index is 0.0902. The lowest BCUT2D eigenvalue weighted by Crippen LogP contribution is -2.30. The summed E-state index contributed by atoms with van der Waals surface area (Å²) in [4.78, 5) is 38.3. The highest BCUT2D eigenvalue weighted by atomic mass is 16.6. The zero-order chi connectivity index (χ0) is 57.1. The van der Waals surface area contributed by atoms with Crippen molar-refractivity contribution >= 4 is 17.9 Å². The summed E-state index contributed by atoms with van der Waals surface area (Å²) < 4.78 is 16.9. The SMILES string of the molecule is CC/C=C\C/C=C\C/C=C\C/C=C\C/C=C\C/C=C\C/C=C\CCCCCCCCCC(=O)OCC(COC(=O)CCCCCCC/C=C\CCCCCCC)OC(=O)CCCCCCCCC/C=C\C/C=C\CCCCCC. The summed E-state index contributed by atoms with van der Waals surface area (Å²) in [7, 11) is 0. The quantitative estimate of drug-likeness (QED) is 0.0261. The lowest BCUT2D eigenvalue weighted by molar-refractivity contribution is -0.167. The number of unbranched alkanes of at least 4 members (excludes halogenated alkanes) is 28. The van der Waals surface area contributed by atoms with E-state index in [0.717, 1.165) is 128 Å². The standard InChI is InChI=1S/C73H122O6/c1-4-7-10-13-16-19-22-25-28-30-32-33-34-35-36-37-38-39-40-41-42-44-45-48-51-54-57-60-63-66-72(75)78-69-70(68-77-71(74)65-62-59-56-53-50-47-27-24-21-18-15-12-9-6-3)79-73(76)67-64-61-58-55-52-49-46-43-31-29-26-23-20-17-14-11-8-5-2/h7,10,16,19-20,23-25,27-29,31-33,35-36,38-39,41-42,70H,4-6,8-9,11-15,17-18,21-22,26,30,34,37,40,43-69H2,1-3H3/b10-7-,19-16-,23-20-,27-24-,28-25-,31-29-,33-32-,36-35-,39-38-,42-41-. The van der Waals surface area contributed by atoms with Gasteiger partial charge in [0.25, 0.3) is 0 Å². The minimum atomic E-state index is -0.795. The molecule has 0 aliphatic rings. The van der Waals surface area contributed by atoms with Crippen molar-refractivity contribution in [3.63, 3.8) is 0 Å². The van der Waals surface area contributed by atoms with Crippen LogP contribution >= 0.6 is 0 Å². The molecule has 0 radical (unpaired) electrons. The monoisotopic (exact) mass is 1090 g/mol. The molecule has 450 valence electrons. The van der Waals surface area contributed by atoms with Gasteiger partial charge in [0.2, 0.25) is 0 Å². The predicted octanol–water partition coefficient (Wildman–Crippen LogP) is 22.8. The normalized spacial score (nSPS) is 12.9. The Morgan fingerprint density at radius 1 is 0.266 bits per heavy atom. The van der Waals surface area contributed by atoms with E-state index in [1.54, 1.807) is 0 Å². The summed E-state index contributed by atoms with van der Waals surface area (Å²) in [6, 6.07) is 0. The highest BCUT2D eigenvalue weighted by Gasteiger charge is 2.19. The van der Waals surface area contributed by atoms with Gasteiger partial charge in [-0.15, -0.1) is 0 Å². The van der Waals surface area contributed by atoms with Crippen LogP contribution in [-0.2, 0) is 28.6 Å². The molecule has 0 bridgehead atoms. The van der Waals surface area contributed by atoms with Gasteiger partial charge in [0.1, 0.15) is 13.2 Å². The van der Waals surface area contributed by atoms with E-state index in [-0.39, 0.29) is 31.1 Å². The summed E-state index contributed by atoms with van der Waals surface area (Å²) in [5.74, 6) is -0.911. The van der Waals surface area contributed by atoms with Crippen molar-refractivity contribution in [2.45, 2.75) is 309 Å². The molecule has 0 amide bonds. The zero-order valence-corrected chi connectivity index (χ0v) is 51.6. The molecule has 0 N–H and O–H groups in total. The molecule has 0 aliphatic heterocycles. The number of hydrogen-bond donors (Lipinski definition) is 0. The molecule has 0 rings (SSSR count). The number of ether oxygens (including phenoxy) is 3.